The number of hydrogen-bond donors (Lipinski definition) is 0. The number of benzene rings is 2. The lowest BCUT2D eigenvalue weighted by Gasteiger charge is -2.17. The number of ether oxygens (including phenoxy) is 2. The van der Waals surface area contributed by atoms with Crippen LogP contribution in [0.25, 0.3) is 0 Å². The van der Waals surface area contributed by atoms with Crippen LogP contribution in [0.15, 0.2) is 36.4 Å². The highest BCUT2D eigenvalue weighted by atomic mass is 16.6. The van der Waals surface area contributed by atoms with Crippen LogP contribution in [0.3, 0.4) is 0 Å². The summed E-state index contributed by atoms with van der Waals surface area (Å²) in [6.45, 7) is 1.19. The van der Waals surface area contributed by atoms with Crippen LogP contribution < -0.4 is 9.64 Å². The zero-order valence-electron chi connectivity index (χ0n) is 15.7. The first-order chi connectivity index (χ1) is 13.9. The van der Waals surface area contributed by atoms with Gasteiger partial charge in [-0.25, -0.2) is 4.79 Å². The first kappa shape index (κ1) is 20.1. The number of nitro benzene ring substituents is 2. The van der Waals surface area contributed by atoms with Gasteiger partial charge in [0, 0.05) is 36.9 Å². The standard InChI is InChI=1S/C19H19N3O7/c1-28-18-7-5-15(21(24)25)10-14(18)12-29-19(23)13-4-6-16(17(11-13)22(26)27)20-8-2-3-9-20/h4-7,10-11H,2-3,8-9,12H2,1H3. The van der Waals surface area contributed by atoms with E-state index in [1.54, 1.807) is 6.07 Å². The molecule has 0 N–H and O–H groups in total. The molecule has 1 saturated heterocycles. The summed E-state index contributed by atoms with van der Waals surface area (Å²) in [6, 6.07) is 8.18. The molecule has 1 aliphatic rings. The van der Waals surface area contributed by atoms with Gasteiger partial charge < -0.3 is 14.4 Å². The molecule has 0 amide bonds. The minimum Gasteiger partial charge on any atom is -0.496 e. The number of methoxy groups -OCH3 is 1. The second kappa shape index (κ2) is 8.55. The average molecular weight is 401 g/mol. The first-order valence-electron chi connectivity index (χ1n) is 8.92. The molecule has 1 aliphatic heterocycles. The molecule has 0 saturated carbocycles. The molecule has 2 aromatic rings. The number of nitrogens with zero attached hydrogens (tertiary/aromatic N) is 3. The van der Waals surface area contributed by atoms with Crippen LogP contribution in [0.4, 0.5) is 17.1 Å². The molecule has 3 rings (SSSR count). The van der Waals surface area contributed by atoms with E-state index >= 15 is 0 Å². The monoisotopic (exact) mass is 401 g/mol. The molecule has 0 aromatic heterocycles. The van der Waals surface area contributed by atoms with Crippen LogP contribution >= 0.6 is 0 Å². The van der Waals surface area contributed by atoms with E-state index in [0.29, 0.717) is 17.0 Å². The Morgan fingerprint density at radius 1 is 1.07 bits per heavy atom. The molecule has 0 spiro atoms. The number of anilines is 1. The van der Waals surface area contributed by atoms with E-state index in [0.717, 1.165) is 25.9 Å². The van der Waals surface area contributed by atoms with E-state index < -0.39 is 15.8 Å². The summed E-state index contributed by atoms with van der Waals surface area (Å²) in [5.74, 6) is -0.437. The molecule has 0 unspecified atom stereocenters. The molecule has 10 heteroatoms. The van der Waals surface area contributed by atoms with E-state index in [1.807, 2.05) is 4.90 Å². The number of hydrogen-bond acceptors (Lipinski definition) is 8. The largest absolute Gasteiger partial charge is 0.496 e. The Labute approximate surface area is 165 Å². The third-order valence-electron chi connectivity index (χ3n) is 4.69. The van der Waals surface area contributed by atoms with Crippen molar-refractivity contribution in [3.05, 3.63) is 67.8 Å². The highest BCUT2D eigenvalue weighted by Gasteiger charge is 2.24. The summed E-state index contributed by atoms with van der Waals surface area (Å²) in [7, 11) is 1.40. The average Bonchev–Trinajstić information content (AvgIpc) is 3.25. The smallest absolute Gasteiger partial charge is 0.338 e. The predicted molar refractivity (Wildman–Crippen MR) is 103 cm³/mol. The number of carbonyl (C=O) groups is 1. The summed E-state index contributed by atoms with van der Waals surface area (Å²) in [5, 5.41) is 22.4. The number of rotatable bonds is 7. The van der Waals surface area contributed by atoms with Gasteiger partial charge in [-0.05, 0) is 31.0 Å². The third-order valence-corrected chi connectivity index (χ3v) is 4.69. The lowest BCUT2D eigenvalue weighted by atomic mass is 10.1. The van der Waals surface area contributed by atoms with Crippen LogP contribution in [-0.4, -0.2) is 36.0 Å². The summed E-state index contributed by atoms with van der Waals surface area (Å²) < 4.78 is 10.3. The van der Waals surface area contributed by atoms with Crippen LogP contribution in [-0.2, 0) is 11.3 Å². The maximum atomic E-state index is 12.4. The quantitative estimate of drug-likeness (QED) is 0.392. The van der Waals surface area contributed by atoms with Crippen molar-refractivity contribution in [1.29, 1.82) is 0 Å². The van der Waals surface area contributed by atoms with Crippen molar-refractivity contribution in [1.82, 2.24) is 0 Å². The van der Waals surface area contributed by atoms with E-state index in [1.165, 1.54) is 37.4 Å². The normalized spacial score (nSPS) is 13.2. The molecule has 152 valence electrons. The molecular weight excluding hydrogens is 382 g/mol. The maximum Gasteiger partial charge on any atom is 0.338 e. The van der Waals surface area contributed by atoms with Gasteiger partial charge >= 0.3 is 5.97 Å². The Morgan fingerprint density at radius 3 is 2.41 bits per heavy atom. The van der Waals surface area contributed by atoms with Gasteiger partial charge in [0.15, 0.2) is 0 Å². The van der Waals surface area contributed by atoms with Gasteiger partial charge in [0.05, 0.1) is 22.5 Å². The zero-order valence-corrected chi connectivity index (χ0v) is 15.7. The van der Waals surface area contributed by atoms with Crippen molar-refractivity contribution < 1.29 is 24.1 Å². The van der Waals surface area contributed by atoms with Crippen LogP contribution in [0.2, 0.25) is 0 Å². The fraction of sp³-hybridized carbons (Fsp3) is 0.316. The number of carbonyl (C=O) groups excluding carboxylic acids is 1. The maximum absolute atomic E-state index is 12.4. The third kappa shape index (κ3) is 4.42. The molecule has 2 aromatic carbocycles. The van der Waals surface area contributed by atoms with Gasteiger partial charge in [-0.15, -0.1) is 0 Å². The van der Waals surface area contributed by atoms with Crippen molar-refractivity contribution >= 4 is 23.0 Å². The molecule has 1 fully saturated rings. The van der Waals surface area contributed by atoms with Gasteiger partial charge in [-0.1, -0.05) is 0 Å². The predicted octanol–water partition coefficient (Wildman–Crippen LogP) is 3.47. The zero-order chi connectivity index (χ0) is 21.0. The van der Waals surface area contributed by atoms with Gasteiger partial charge in [0.25, 0.3) is 11.4 Å². The second-order valence-electron chi connectivity index (χ2n) is 6.48. The van der Waals surface area contributed by atoms with Crippen molar-refractivity contribution in [2.24, 2.45) is 0 Å². The van der Waals surface area contributed by atoms with Gasteiger partial charge in [-0.2, -0.15) is 0 Å². The summed E-state index contributed by atoms with van der Waals surface area (Å²) in [5.41, 5.74) is 0.503. The molecule has 1 heterocycles. The lowest BCUT2D eigenvalue weighted by Crippen LogP contribution is -2.19. The van der Waals surface area contributed by atoms with Crippen molar-refractivity contribution in [2.45, 2.75) is 19.4 Å². The highest BCUT2D eigenvalue weighted by Crippen LogP contribution is 2.32. The van der Waals surface area contributed by atoms with Crippen LogP contribution in [0.1, 0.15) is 28.8 Å². The molecule has 0 radical (unpaired) electrons. The Bertz CT molecular complexity index is 955. The molecule has 0 bridgehead atoms. The lowest BCUT2D eigenvalue weighted by molar-refractivity contribution is -0.385. The molecule has 29 heavy (non-hydrogen) atoms. The van der Waals surface area contributed by atoms with Gasteiger partial charge in [0.2, 0.25) is 0 Å². The Morgan fingerprint density at radius 2 is 1.79 bits per heavy atom. The van der Waals surface area contributed by atoms with E-state index in [9.17, 15) is 25.0 Å². The van der Waals surface area contributed by atoms with Gasteiger partial charge in [0.1, 0.15) is 18.0 Å². The Balaban J connectivity index is 1.79. The molecular formula is C19H19N3O7. The van der Waals surface area contributed by atoms with E-state index in [-0.39, 0.29) is 23.5 Å². The fourth-order valence-electron chi connectivity index (χ4n) is 3.24. The topological polar surface area (TPSA) is 125 Å². The Kier molecular flexibility index (Phi) is 5.91. The molecule has 0 aliphatic carbocycles. The molecule has 0 atom stereocenters. The number of nitro groups is 2. The highest BCUT2D eigenvalue weighted by molar-refractivity contribution is 5.91. The number of esters is 1. The van der Waals surface area contributed by atoms with E-state index in [2.05, 4.69) is 0 Å². The first-order valence-corrected chi connectivity index (χ1v) is 8.92. The Hall–Kier alpha value is -3.69. The second-order valence-corrected chi connectivity index (χ2v) is 6.48. The van der Waals surface area contributed by atoms with Crippen molar-refractivity contribution in [3.63, 3.8) is 0 Å². The van der Waals surface area contributed by atoms with Crippen LogP contribution in [0.5, 0.6) is 5.75 Å². The van der Waals surface area contributed by atoms with Crippen molar-refractivity contribution in [3.8, 4) is 5.75 Å². The minimum atomic E-state index is -0.769. The minimum absolute atomic E-state index is 0.0315. The SMILES string of the molecule is COc1ccc([N+](=O)[O-])cc1COC(=O)c1ccc(N2CCCC2)c([N+](=O)[O-])c1. The molecule has 10 nitrogen and oxygen atoms in total. The summed E-state index contributed by atoms with van der Waals surface area (Å²) in [6.07, 6.45) is 1.93. The fourth-order valence-corrected chi connectivity index (χ4v) is 3.24. The summed E-state index contributed by atoms with van der Waals surface area (Å²) >= 11 is 0. The van der Waals surface area contributed by atoms with Gasteiger partial charge in [-0.3, -0.25) is 20.2 Å². The number of non-ortho nitro benzene ring substituents is 1. The van der Waals surface area contributed by atoms with Crippen LogP contribution in [0, 0.1) is 20.2 Å². The van der Waals surface area contributed by atoms with Crippen molar-refractivity contribution in [2.75, 3.05) is 25.1 Å². The van der Waals surface area contributed by atoms with E-state index in [4.69, 9.17) is 9.47 Å². The summed E-state index contributed by atoms with van der Waals surface area (Å²) in [4.78, 5) is 35.7.